The second kappa shape index (κ2) is 8.04. The number of anilines is 1. The highest BCUT2D eigenvalue weighted by molar-refractivity contribution is 5.94. The van der Waals surface area contributed by atoms with Crippen molar-refractivity contribution in [3.05, 3.63) is 65.2 Å². The van der Waals surface area contributed by atoms with Crippen LogP contribution >= 0.6 is 0 Å². The van der Waals surface area contributed by atoms with Gasteiger partial charge in [-0.2, -0.15) is 0 Å². The van der Waals surface area contributed by atoms with Crippen LogP contribution in [0, 0.1) is 13.8 Å². The van der Waals surface area contributed by atoms with E-state index in [1.807, 2.05) is 67.3 Å². The third-order valence-corrected chi connectivity index (χ3v) is 4.85. The van der Waals surface area contributed by atoms with Crippen LogP contribution in [0.1, 0.15) is 27.9 Å². The molecule has 0 bridgehead atoms. The molecule has 1 saturated heterocycles. The number of carbonyl (C=O) groups excluding carboxylic acids is 2. The molecule has 0 unspecified atom stereocenters. The number of urea groups is 1. The monoisotopic (exact) mass is 351 g/mol. The topological polar surface area (TPSA) is 52.7 Å². The van der Waals surface area contributed by atoms with E-state index in [2.05, 4.69) is 5.32 Å². The van der Waals surface area contributed by atoms with Gasteiger partial charge in [-0.05, 0) is 55.7 Å². The zero-order chi connectivity index (χ0) is 18.5. The molecule has 5 nitrogen and oxygen atoms in total. The van der Waals surface area contributed by atoms with Gasteiger partial charge < -0.3 is 15.1 Å². The molecule has 5 heteroatoms. The van der Waals surface area contributed by atoms with E-state index in [9.17, 15) is 9.59 Å². The summed E-state index contributed by atoms with van der Waals surface area (Å²) in [6.45, 7) is 6.46. The number of benzene rings is 2. The Kier molecular flexibility index (Phi) is 5.56. The molecule has 1 N–H and O–H groups in total. The molecule has 1 heterocycles. The second-order valence-electron chi connectivity index (χ2n) is 6.73. The predicted molar refractivity (Wildman–Crippen MR) is 103 cm³/mol. The maximum atomic E-state index is 12.8. The molecular formula is C21H25N3O2. The highest BCUT2D eigenvalue weighted by Gasteiger charge is 2.23. The van der Waals surface area contributed by atoms with Crippen molar-refractivity contribution in [1.82, 2.24) is 9.80 Å². The summed E-state index contributed by atoms with van der Waals surface area (Å²) < 4.78 is 0. The van der Waals surface area contributed by atoms with Crippen LogP contribution in [-0.4, -0.2) is 47.9 Å². The fourth-order valence-electron chi connectivity index (χ4n) is 3.10. The van der Waals surface area contributed by atoms with Gasteiger partial charge in [-0.25, -0.2) is 4.79 Å². The Bertz CT molecular complexity index is 789. The number of rotatable bonds is 2. The summed E-state index contributed by atoms with van der Waals surface area (Å²) in [5.74, 6) is 0.0402. The average molecular weight is 351 g/mol. The first-order valence-electron chi connectivity index (χ1n) is 9.02. The summed E-state index contributed by atoms with van der Waals surface area (Å²) in [7, 11) is 0. The first-order chi connectivity index (χ1) is 12.5. The minimum absolute atomic E-state index is 0.0402. The Morgan fingerprint density at radius 2 is 1.54 bits per heavy atom. The summed E-state index contributed by atoms with van der Waals surface area (Å²) in [6.07, 6.45) is 0.777. The van der Waals surface area contributed by atoms with Gasteiger partial charge in [0.05, 0.1) is 0 Å². The maximum Gasteiger partial charge on any atom is 0.321 e. The highest BCUT2D eigenvalue weighted by atomic mass is 16.2. The van der Waals surface area contributed by atoms with Crippen molar-refractivity contribution in [3.8, 4) is 0 Å². The summed E-state index contributed by atoms with van der Waals surface area (Å²) >= 11 is 0. The van der Waals surface area contributed by atoms with Gasteiger partial charge >= 0.3 is 6.03 Å². The van der Waals surface area contributed by atoms with Crippen molar-refractivity contribution >= 4 is 17.6 Å². The quantitative estimate of drug-likeness (QED) is 0.897. The van der Waals surface area contributed by atoms with Gasteiger partial charge in [0.25, 0.3) is 5.91 Å². The SMILES string of the molecule is Cc1ccc(C(=O)N2CCCN(C(=O)Nc3ccccc3)CC2)cc1C. The lowest BCUT2D eigenvalue weighted by atomic mass is 10.1. The summed E-state index contributed by atoms with van der Waals surface area (Å²) in [5, 5.41) is 2.91. The smallest absolute Gasteiger partial charge is 0.321 e. The third-order valence-electron chi connectivity index (χ3n) is 4.85. The molecule has 1 fully saturated rings. The van der Waals surface area contributed by atoms with E-state index in [1.54, 1.807) is 4.90 Å². The molecule has 1 aliphatic heterocycles. The summed E-state index contributed by atoms with van der Waals surface area (Å²) in [6, 6.07) is 15.1. The molecule has 0 saturated carbocycles. The fourth-order valence-corrected chi connectivity index (χ4v) is 3.10. The predicted octanol–water partition coefficient (Wildman–Crippen LogP) is 3.68. The van der Waals surface area contributed by atoms with Gasteiger partial charge in [0.1, 0.15) is 0 Å². The lowest BCUT2D eigenvalue weighted by molar-refractivity contribution is 0.0762. The number of hydrogen-bond donors (Lipinski definition) is 1. The zero-order valence-electron chi connectivity index (χ0n) is 15.4. The molecule has 0 aliphatic carbocycles. The van der Waals surface area contributed by atoms with E-state index in [0.717, 1.165) is 23.2 Å². The normalized spacial score (nSPS) is 14.7. The van der Waals surface area contributed by atoms with E-state index in [0.29, 0.717) is 26.2 Å². The fraction of sp³-hybridized carbons (Fsp3) is 0.333. The van der Waals surface area contributed by atoms with E-state index < -0.39 is 0 Å². The van der Waals surface area contributed by atoms with Gasteiger partial charge in [0, 0.05) is 37.4 Å². The maximum absolute atomic E-state index is 12.8. The molecule has 2 aromatic carbocycles. The Hall–Kier alpha value is -2.82. The molecule has 136 valence electrons. The molecule has 0 atom stereocenters. The number of carbonyl (C=O) groups is 2. The number of amides is 3. The number of para-hydroxylation sites is 1. The second-order valence-corrected chi connectivity index (χ2v) is 6.73. The van der Waals surface area contributed by atoms with Crippen LogP contribution in [0.25, 0.3) is 0 Å². The molecule has 3 amide bonds. The van der Waals surface area contributed by atoms with Crippen LogP contribution in [0.5, 0.6) is 0 Å². The molecule has 0 spiro atoms. The van der Waals surface area contributed by atoms with Crippen LogP contribution in [0.3, 0.4) is 0 Å². The number of nitrogens with one attached hydrogen (secondary N) is 1. The zero-order valence-corrected chi connectivity index (χ0v) is 15.4. The Balaban J connectivity index is 1.61. The molecule has 0 radical (unpaired) electrons. The Morgan fingerprint density at radius 3 is 2.27 bits per heavy atom. The van der Waals surface area contributed by atoms with Crippen LogP contribution in [0.2, 0.25) is 0 Å². The Labute approximate surface area is 154 Å². The van der Waals surface area contributed by atoms with Gasteiger partial charge in [0.2, 0.25) is 0 Å². The first-order valence-corrected chi connectivity index (χ1v) is 9.02. The summed E-state index contributed by atoms with van der Waals surface area (Å²) in [4.78, 5) is 28.9. The molecular weight excluding hydrogens is 326 g/mol. The molecule has 26 heavy (non-hydrogen) atoms. The van der Waals surface area contributed by atoms with Crippen LogP contribution in [0.4, 0.5) is 10.5 Å². The van der Waals surface area contributed by atoms with Crippen molar-refractivity contribution in [2.75, 3.05) is 31.5 Å². The number of hydrogen-bond acceptors (Lipinski definition) is 2. The van der Waals surface area contributed by atoms with Crippen LogP contribution in [-0.2, 0) is 0 Å². The van der Waals surface area contributed by atoms with E-state index in [1.165, 1.54) is 5.56 Å². The lowest BCUT2D eigenvalue weighted by Gasteiger charge is -2.22. The average Bonchev–Trinajstić information content (AvgIpc) is 2.90. The minimum atomic E-state index is -0.114. The third kappa shape index (κ3) is 4.23. The van der Waals surface area contributed by atoms with Crippen molar-refractivity contribution < 1.29 is 9.59 Å². The van der Waals surface area contributed by atoms with Gasteiger partial charge in [-0.3, -0.25) is 4.79 Å². The molecule has 2 aromatic rings. The molecule has 3 rings (SSSR count). The van der Waals surface area contributed by atoms with Crippen LogP contribution in [0.15, 0.2) is 48.5 Å². The standard InChI is InChI=1S/C21H25N3O2/c1-16-9-10-18(15-17(16)2)20(25)23-11-6-12-24(14-13-23)21(26)22-19-7-4-3-5-8-19/h3-5,7-10,15H,6,11-14H2,1-2H3,(H,22,26). The van der Waals surface area contributed by atoms with Gasteiger partial charge in [0.15, 0.2) is 0 Å². The number of nitrogens with zero attached hydrogens (tertiary/aromatic N) is 2. The molecule has 1 aliphatic rings. The van der Waals surface area contributed by atoms with Gasteiger partial charge in [-0.15, -0.1) is 0 Å². The van der Waals surface area contributed by atoms with E-state index >= 15 is 0 Å². The van der Waals surface area contributed by atoms with E-state index in [-0.39, 0.29) is 11.9 Å². The summed E-state index contributed by atoms with van der Waals surface area (Å²) in [5.41, 5.74) is 3.80. The number of aryl methyl sites for hydroxylation is 2. The van der Waals surface area contributed by atoms with Crippen molar-refractivity contribution in [2.45, 2.75) is 20.3 Å². The van der Waals surface area contributed by atoms with E-state index in [4.69, 9.17) is 0 Å². The highest BCUT2D eigenvalue weighted by Crippen LogP contribution is 2.14. The minimum Gasteiger partial charge on any atom is -0.337 e. The van der Waals surface area contributed by atoms with Crippen molar-refractivity contribution in [2.24, 2.45) is 0 Å². The lowest BCUT2D eigenvalue weighted by Crippen LogP contribution is -2.39. The largest absolute Gasteiger partial charge is 0.337 e. The molecule has 0 aromatic heterocycles. The van der Waals surface area contributed by atoms with Crippen LogP contribution < -0.4 is 5.32 Å². The van der Waals surface area contributed by atoms with Crippen molar-refractivity contribution in [1.29, 1.82) is 0 Å². The van der Waals surface area contributed by atoms with Crippen molar-refractivity contribution in [3.63, 3.8) is 0 Å². The Morgan fingerprint density at radius 1 is 0.846 bits per heavy atom. The van der Waals surface area contributed by atoms with Gasteiger partial charge in [-0.1, -0.05) is 24.3 Å². The first kappa shape index (κ1) is 18.0.